The van der Waals surface area contributed by atoms with Crippen molar-refractivity contribution in [2.75, 3.05) is 19.6 Å². The summed E-state index contributed by atoms with van der Waals surface area (Å²) in [7, 11) is 0. The smallest absolute Gasteiger partial charge is 0.255 e. The molecule has 0 spiro atoms. The molecule has 0 aliphatic carbocycles. The predicted octanol–water partition coefficient (Wildman–Crippen LogP) is 1.99. The number of nitrogens with zero attached hydrogens (tertiary/aromatic N) is 2. The minimum absolute atomic E-state index is 0.0324. The van der Waals surface area contributed by atoms with Gasteiger partial charge in [0.2, 0.25) is 0 Å². The van der Waals surface area contributed by atoms with Crippen LogP contribution >= 0.6 is 0 Å². The van der Waals surface area contributed by atoms with Crippen molar-refractivity contribution in [3.8, 4) is 5.75 Å². The van der Waals surface area contributed by atoms with Crippen LogP contribution in [0, 0.1) is 0 Å². The second kappa shape index (κ2) is 11.0. The van der Waals surface area contributed by atoms with Crippen LogP contribution in [0.1, 0.15) is 48.1 Å². The van der Waals surface area contributed by atoms with Crippen molar-refractivity contribution in [1.82, 2.24) is 21.1 Å². The van der Waals surface area contributed by atoms with Crippen molar-refractivity contribution in [2.45, 2.75) is 40.2 Å². The third-order valence-electron chi connectivity index (χ3n) is 4.20. The molecule has 0 saturated carbocycles. The molecule has 152 valence electrons. The fourth-order valence-corrected chi connectivity index (χ4v) is 2.73. The van der Waals surface area contributed by atoms with Gasteiger partial charge in [0.25, 0.3) is 5.91 Å². The largest absolute Gasteiger partial charge is 0.507 e. The Labute approximate surface area is 165 Å². The molecule has 1 heterocycles. The van der Waals surface area contributed by atoms with Gasteiger partial charge >= 0.3 is 0 Å². The van der Waals surface area contributed by atoms with E-state index in [0.29, 0.717) is 25.6 Å². The first kappa shape index (κ1) is 21.3. The van der Waals surface area contributed by atoms with E-state index in [0.717, 1.165) is 36.4 Å². The number of aromatic hydroxyl groups is 1. The third kappa shape index (κ3) is 5.73. The Morgan fingerprint density at radius 3 is 2.54 bits per heavy atom. The van der Waals surface area contributed by atoms with Gasteiger partial charge in [-0.3, -0.25) is 4.79 Å². The van der Waals surface area contributed by atoms with Gasteiger partial charge in [-0.05, 0) is 25.5 Å². The number of hydrogen-bond donors (Lipinski definition) is 4. The summed E-state index contributed by atoms with van der Waals surface area (Å²) in [5, 5.41) is 23.0. The number of phenolic OH excluding ortho intramolecular Hbond substituents is 1. The zero-order valence-electron chi connectivity index (χ0n) is 16.7. The lowest BCUT2D eigenvalue weighted by atomic mass is 10.1. The van der Waals surface area contributed by atoms with Gasteiger partial charge in [-0.15, -0.1) is 0 Å². The Bertz CT molecular complexity index is 779. The average Bonchev–Trinajstić information content (AvgIpc) is 3.11. The topological polar surface area (TPSA) is 112 Å². The van der Waals surface area contributed by atoms with E-state index in [9.17, 15) is 9.90 Å². The maximum Gasteiger partial charge on any atom is 0.255 e. The molecule has 0 aliphatic rings. The molecule has 8 heteroatoms. The highest BCUT2D eigenvalue weighted by atomic mass is 16.5. The second-order valence-corrected chi connectivity index (χ2v) is 6.13. The number of benzene rings is 1. The molecular weight excluding hydrogens is 358 g/mol. The van der Waals surface area contributed by atoms with Gasteiger partial charge in [0, 0.05) is 31.6 Å². The van der Waals surface area contributed by atoms with Crippen LogP contribution in [0.25, 0.3) is 0 Å². The van der Waals surface area contributed by atoms with Crippen LogP contribution in [-0.2, 0) is 19.4 Å². The van der Waals surface area contributed by atoms with E-state index < -0.39 is 0 Å². The monoisotopic (exact) mass is 387 g/mol. The van der Waals surface area contributed by atoms with E-state index in [-0.39, 0.29) is 17.2 Å². The average molecular weight is 387 g/mol. The lowest BCUT2D eigenvalue weighted by Gasteiger charge is -2.12. The fraction of sp³-hybridized carbons (Fsp3) is 0.450. The fourth-order valence-electron chi connectivity index (χ4n) is 2.73. The highest BCUT2D eigenvalue weighted by molar-refractivity contribution is 5.96. The highest BCUT2D eigenvalue weighted by Crippen LogP contribution is 2.17. The van der Waals surface area contributed by atoms with E-state index in [1.165, 1.54) is 6.07 Å². The van der Waals surface area contributed by atoms with Crippen LogP contribution in [-0.4, -0.2) is 41.8 Å². The zero-order valence-corrected chi connectivity index (χ0v) is 16.7. The van der Waals surface area contributed by atoms with Crippen molar-refractivity contribution in [3.63, 3.8) is 0 Å². The van der Waals surface area contributed by atoms with Crippen molar-refractivity contribution in [3.05, 3.63) is 46.8 Å². The Morgan fingerprint density at radius 1 is 1.11 bits per heavy atom. The molecule has 2 rings (SSSR count). The number of guanidine groups is 1. The summed E-state index contributed by atoms with van der Waals surface area (Å²) in [6.07, 6.45) is 1.58. The first-order chi connectivity index (χ1) is 13.6. The summed E-state index contributed by atoms with van der Waals surface area (Å²) in [4.78, 5) is 16.7. The number of carbonyl (C=O) groups excluding carboxylic acids is 1. The van der Waals surface area contributed by atoms with Crippen LogP contribution in [0.15, 0.2) is 33.8 Å². The normalized spacial score (nSPS) is 11.3. The van der Waals surface area contributed by atoms with Gasteiger partial charge in [0.05, 0.1) is 17.8 Å². The maximum absolute atomic E-state index is 12.1. The predicted molar refractivity (Wildman–Crippen MR) is 109 cm³/mol. The number of para-hydroxylation sites is 1. The molecule has 0 fully saturated rings. The first-order valence-electron chi connectivity index (χ1n) is 9.65. The Kier molecular flexibility index (Phi) is 8.33. The van der Waals surface area contributed by atoms with Crippen molar-refractivity contribution in [2.24, 2.45) is 4.99 Å². The lowest BCUT2D eigenvalue weighted by Crippen LogP contribution is -2.41. The first-order valence-corrected chi connectivity index (χ1v) is 9.65. The number of aliphatic imine (C=N–C) groups is 1. The summed E-state index contributed by atoms with van der Waals surface area (Å²) in [6, 6.07) is 6.46. The number of phenols is 1. The summed E-state index contributed by atoms with van der Waals surface area (Å²) < 4.78 is 5.38. The van der Waals surface area contributed by atoms with E-state index in [2.05, 4.69) is 26.1 Å². The summed E-state index contributed by atoms with van der Waals surface area (Å²) >= 11 is 0. The third-order valence-corrected chi connectivity index (χ3v) is 4.20. The van der Waals surface area contributed by atoms with Gasteiger partial charge in [0.15, 0.2) is 5.96 Å². The number of carbonyl (C=O) groups is 1. The van der Waals surface area contributed by atoms with Gasteiger partial charge < -0.3 is 25.6 Å². The van der Waals surface area contributed by atoms with Gasteiger partial charge in [0.1, 0.15) is 11.5 Å². The molecule has 0 radical (unpaired) electrons. The molecule has 0 aliphatic heterocycles. The van der Waals surface area contributed by atoms with E-state index in [1.807, 2.05) is 20.8 Å². The van der Waals surface area contributed by atoms with Crippen LogP contribution in [0.5, 0.6) is 5.75 Å². The van der Waals surface area contributed by atoms with E-state index in [1.54, 1.807) is 18.2 Å². The summed E-state index contributed by atoms with van der Waals surface area (Å²) in [5.74, 6) is 1.18. The highest BCUT2D eigenvalue weighted by Gasteiger charge is 2.13. The van der Waals surface area contributed by atoms with Crippen LogP contribution in [0.3, 0.4) is 0 Å². The minimum Gasteiger partial charge on any atom is -0.507 e. The number of aryl methyl sites for hydroxylation is 2. The van der Waals surface area contributed by atoms with Gasteiger partial charge in [-0.1, -0.05) is 31.1 Å². The molecule has 2 aromatic rings. The quantitative estimate of drug-likeness (QED) is 0.297. The Balaban J connectivity index is 1.89. The maximum atomic E-state index is 12.1. The minimum atomic E-state index is -0.313. The molecule has 0 atom stereocenters. The molecule has 4 N–H and O–H groups in total. The van der Waals surface area contributed by atoms with Gasteiger partial charge in [-0.2, -0.15) is 0 Å². The van der Waals surface area contributed by atoms with Gasteiger partial charge in [-0.25, -0.2) is 4.99 Å². The number of aromatic nitrogens is 1. The molecule has 0 unspecified atom stereocenters. The Morgan fingerprint density at radius 2 is 1.86 bits per heavy atom. The zero-order chi connectivity index (χ0) is 20.4. The number of amides is 1. The lowest BCUT2D eigenvalue weighted by molar-refractivity contribution is 0.0951. The second-order valence-electron chi connectivity index (χ2n) is 6.13. The molecule has 8 nitrogen and oxygen atoms in total. The molecule has 28 heavy (non-hydrogen) atoms. The van der Waals surface area contributed by atoms with E-state index in [4.69, 9.17) is 4.52 Å². The van der Waals surface area contributed by atoms with Crippen molar-refractivity contribution < 1.29 is 14.4 Å². The van der Waals surface area contributed by atoms with Crippen LogP contribution in [0.2, 0.25) is 0 Å². The SMILES string of the molecule is CCNC(=NCc1c(CC)noc1CC)NCCNC(=O)c1ccccc1O. The molecule has 1 aromatic carbocycles. The molecular formula is C20H29N5O3. The number of hydrogen-bond acceptors (Lipinski definition) is 5. The van der Waals surface area contributed by atoms with Crippen molar-refractivity contribution in [1.29, 1.82) is 0 Å². The molecule has 1 amide bonds. The van der Waals surface area contributed by atoms with Crippen LogP contribution in [0.4, 0.5) is 0 Å². The van der Waals surface area contributed by atoms with Crippen molar-refractivity contribution >= 4 is 11.9 Å². The Hall–Kier alpha value is -3.03. The number of rotatable bonds is 9. The molecule has 0 saturated heterocycles. The molecule has 0 bridgehead atoms. The van der Waals surface area contributed by atoms with E-state index >= 15 is 0 Å². The summed E-state index contributed by atoms with van der Waals surface area (Å²) in [6.45, 7) is 8.16. The standard InChI is InChI=1S/C20H29N5O3/c1-4-16-15(18(5-2)28-25-16)13-24-20(21-6-3)23-12-11-22-19(27)14-9-7-8-10-17(14)26/h7-10,26H,4-6,11-13H2,1-3H3,(H,22,27)(H2,21,23,24). The number of nitrogens with one attached hydrogen (secondary N) is 3. The molecule has 1 aromatic heterocycles. The summed E-state index contributed by atoms with van der Waals surface area (Å²) in [5.41, 5.74) is 2.23. The van der Waals surface area contributed by atoms with Crippen LogP contribution < -0.4 is 16.0 Å².